The summed E-state index contributed by atoms with van der Waals surface area (Å²) < 4.78 is 2.09. The summed E-state index contributed by atoms with van der Waals surface area (Å²) >= 11 is 0. The van der Waals surface area contributed by atoms with Crippen LogP contribution in [0.1, 0.15) is 63.4 Å². The van der Waals surface area contributed by atoms with Crippen molar-refractivity contribution < 1.29 is 0 Å². The minimum atomic E-state index is 0.249. The smallest absolute Gasteiger partial charge is 0.0657 e. The van der Waals surface area contributed by atoms with Gasteiger partial charge in [0.25, 0.3) is 0 Å². The maximum absolute atomic E-state index is 5.84. The normalized spacial score (nSPS) is 25.5. The molecule has 1 atom stereocenters. The molecule has 1 heterocycles. The van der Waals surface area contributed by atoms with E-state index in [1.165, 1.54) is 37.8 Å². The van der Waals surface area contributed by atoms with Gasteiger partial charge in [-0.15, -0.1) is 0 Å². The topological polar surface area (TPSA) is 55.9 Å². The van der Waals surface area contributed by atoms with Crippen molar-refractivity contribution >= 4 is 0 Å². The van der Waals surface area contributed by atoms with Gasteiger partial charge in [0.1, 0.15) is 0 Å². The van der Waals surface area contributed by atoms with Crippen LogP contribution >= 0.6 is 0 Å². The average Bonchev–Trinajstić information content (AvgIpc) is 2.81. The molecule has 4 nitrogen and oxygen atoms in total. The van der Waals surface area contributed by atoms with Crippen LogP contribution in [0.2, 0.25) is 0 Å². The molecule has 1 aromatic rings. The summed E-state index contributed by atoms with van der Waals surface area (Å²) in [6.07, 6.45) is 6.57. The van der Waals surface area contributed by atoms with E-state index in [4.69, 9.17) is 5.84 Å². The summed E-state index contributed by atoms with van der Waals surface area (Å²) in [5, 5.41) is 4.55. The molecular weight excluding hydrogens is 236 g/mol. The Bertz CT molecular complexity index is 391. The van der Waals surface area contributed by atoms with Crippen molar-refractivity contribution in [3.05, 3.63) is 17.5 Å². The molecule has 1 aliphatic carbocycles. The van der Waals surface area contributed by atoms with Crippen LogP contribution in [0, 0.1) is 18.8 Å². The largest absolute Gasteiger partial charge is 0.271 e. The molecule has 1 saturated carbocycles. The summed E-state index contributed by atoms with van der Waals surface area (Å²) in [5.41, 5.74) is 5.38. The Kier molecular flexibility index (Phi) is 4.99. The summed E-state index contributed by atoms with van der Waals surface area (Å²) in [7, 11) is 0. The Balaban J connectivity index is 2.11. The maximum atomic E-state index is 5.84. The third-order valence-corrected chi connectivity index (χ3v) is 4.67. The van der Waals surface area contributed by atoms with Crippen molar-refractivity contribution in [2.24, 2.45) is 17.7 Å². The lowest BCUT2D eigenvalue weighted by Gasteiger charge is -2.33. The van der Waals surface area contributed by atoms with Gasteiger partial charge in [0.05, 0.1) is 17.4 Å². The fourth-order valence-electron chi connectivity index (χ4n) is 3.46. The van der Waals surface area contributed by atoms with E-state index in [0.717, 1.165) is 18.2 Å². The second-order valence-corrected chi connectivity index (χ2v) is 5.86. The van der Waals surface area contributed by atoms with Gasteiger partial charge in [-0.1, -0.05) is 26.2 Å². The van der Waals surface area contributed by atoms with Crippen LogP contribution < -0.4 is 11.3 Å². The van der Waals surface area contributed by atoms with Gasteiger partial charge in [-0.25, -0.2) is 0 Å². The number of nitrogens with zero attached hydrogens (tertiary/aromatic N) is 2. The molecule has 3 N–H and O–H groups in total. The Morgan fingerprint density at radius 2 is 2.05 bits per heavy atom. The van der Waals surface area contributed by atoms with Gasteiger partial charge in [0, 0.05) is 6.54 Å². The third kappa shape index (κ3) is 3.18. The van der Waals surface area contributed by atoms with Crippen molar-refractivity contribution in [2.75, 3.05) is 0 Å². The Labute approximate surface area is 116 Å². The van der Waals surface area contributed by atoms with Gasteiger partial charge in [0.15, 0.2) is 0 Å². The molecule has 0 aliphatic heterocycles. The number of hydrazine groups is 1. The number of hydrogen-bond donors (Lipinski definition) is 2. The molecule has 108 valence electrons. The predicted molar refractivity (Wildman–Crippen MR) is 78.4 cm³/mol. The molecule has 4 heteroatoms. The fraction of sp³-hybridized carbons (Fsp3) is 0.800. The molecule has 0 bridgehead atoms. The van der Waals surface area contributed by atoms with E-state index < -0.39 is 0 Å². The van der Waals surface area contributed by atoms with E-state index in [1.807, 2.05) is 0 Å². The van der Waals surface area contributed by atoms with Gasteiger partial charge in [-0.2, -0.15) is 5.10 Å². The highest BCUT2D eigenvalue weighted by atomic mass is 15.3. The molecule has 0 saturated heterocycles. The minimum absolute atomic E-state index is 0.249. The second kappa shape index (κ2) is 6.53. The SMILES string of the molecule is CCC1CCC(C(NN)c2cc(C)nn2CC)CC1. The summed E-state index contributed by atoms with van der Waals surface area (Å²) in [5.74, 6) is 7.42. The fourth-order valence-corrected chi connectivity index (χ4v) is 3.46. The van der Waals surface area contributed by atoms with Gasteiger partial charge in [0.2, 0.25) is 0 Å². The highest BCUT2D eigenvalue weighted by Crippen LogP contribution is 2.37. The summed E-state index contributed by atoms with van der Waals surface area (Å²) in [4.78, 5) is 0. The quantitative estimate of drug-likeness (QED) is 0.635. The highest BCUT2D eigenvalue weighted by Gasteiger charge is 2.29. The Morgan fingerprint density at radius 1 is 1.37 bits per heavy atom. The van der Waals surface area contributed by atoms with Crippen LogP contribution in [-0.2, 0) is 6.54 Å². The molecule has 19 heavy (non-hydrogen) atoms. The molecule has 1 aromatic heterocycles. The van der Waals surface area contributed by atoms with Gasteiger partial charge in [-0.3, -0.25) is 16.0 Å². The lowest BCUT2D eigenvalue weighted by Crippen LogP contribution is -2.36. The third-order valence-electron chi connectivity index (χ3n) is 4.67. The first kappa shape index (κ1) is 14.5. The molecule has 0 aromatic carbocycles. The maximum Gasteiger partial charge on any atom is 0.0657 e. The predicted octanol–water partition coefficient (Wildman–Crippen LogP) is 2.93. The summed E-state index contributed by atoms with van der Waals surface area (Å²) in [6.45, 7) is 7.40. The molecule has 0 radical (unpaired) electrons. The molecule has 1 aliphatic rings. The molecular formula is C15H28N4. The van der Waals surface area contributed by atoms with Crippen molar-refractivity contribution in [1.82, 2.24) is 15.2 Å². The number of hydrogen-bond acceptors (Lipinski definition) is 3. The monoisotopic (exact) mass is 264 g/mol. The standard InChI is InChI=1S/C15H28N4/c1-4-12-6-8-13(9-7-12)15(17-16)14-10-11(3)18-19(14)5-2/h10,12-13,15,17H,4-9,16H2,1-3H3. The van der Waals surface area contributed by atoms with Crippen molar-refractivity contribution in [2.45, 2.75) is 65.5 Å². The van der Waals surface area contributed by atoms with Crippen LogP contribution in [-0.4, -0.2) is 9.78 Å². The zero-order valence-electron chi connectivity index (χ0n) is 12.5. The lowest BCUT2D eigenvalue weighted by atomic mass is 9.77. The number of nitrogens with two attached hydrogens (primary N) is 1. The Morgan fingerprint density at radius 3 is 2.58 bits per heavy atom. The first-order valence-corrected chi connectivity index (χ1v) is 7.70. The molecule has 2 rings (SSSR count). The molecule has 0 spiro atoms. The van der Waals surface area contributed by atoms with E-state index in [1.54, 1.807) is 0 Å². The minimum Gasteiger partial charge on any atom is -0.271 e. The Hall–Kier alpha value is -0.870. The van der Waals surface area contributed by atoms with Crippen molar-refractivity contribution in [3.63, 3.8) is 0 Å². The van der Waals surface area contributed by atoms with Crippen LogP contribution in [0.25, 0.3) is 0 Å². The zero-order valence-corrected chi connectivity index (χ0v) is 12.5. The van der Waals surface area contributed by atoms with E-state index in [0.29, 0.717) is 5.92 Å². The molecule has 0 amide bonds. The van der Waals surface area contributed by atoms with E-state index in [2.05, 4.69) is 42.0 Å². The van der Waals surface area contributed by atoms with E-state index in [9.17, 15) is 0 Å². The highest BCUT2D eigenvalue weighted by molar-refractivity contribution is 5.14. The van der Waals surface area contributed by atoms with Gasteiger partial charge >= 0.3 is 0 Å². The van der Waals surface area contributed by atoms with Crippen LogP contribution in [0.15, 0.2) is 6.07 Å². The average molecular weight is 264 g/mol. The van der Waals surface area contributed by atoms with Gasteiger partial charge in [-0.05, 0) is 44.6 Å². The second-order valence-electron chi connectivity index (χ2n) is 5.86. The van der Waals surface area contributed by atoms with E-state index >= 15 is 0 Å². The van der Waals surface area contributed by atoms with E-state index in [-0.39, 0.29) is 6.04 Å². The number of aromatic nitrogens is 2. The van der Waals surface area contributed by atoms with Crippen LogP contribution in [0.4, 0.5) is 0 Å². The van der Waals surface area contributed by atoms with Gasteiger partial charge < -0.3 is 0 Å². The number of nitrogens with one attached hydrogen (secondary N) is 1. The number of aryl methyl sites for hydroxylation is 2. The first-order chi connectivity index (χ1) is 9.19. The van der Waals surface area contributed by atoms with Crippen LogP contribution in [0.5, 0.6) is 0 Å². The molecule has 1 unspecified atom stereocenters. The lowest BCUT2D eigenvalue weighted by molar-refractivity contribution is 0.213. The first-order valence-electron chi connectivity index (χ1n) is 7.70. The zero-order chi connectivity index (χ0) is 13.8. The van der Waals surface area contributed by atoms with Crippen molar-refractivity contribution in [1.29, 1.82) is 0 Å². The summed E-state index contributed by atoms with van der Waals surface area (Å²) in [6, 6.07) is 2.43. The van der Waals surface area contributed by atoms with Crippen molar-refractivity contribution in [3.8, 4) is 0 Å². The number of rotatable bonds is 5. The molecule has 1 fully saturated rings. The van der Waals surface area contributed by atoms with Crippen LogP contribution in [0.3, 0.4) is 0 Å².